The largest absolute Gasteiger partial charge is 0.351 e. The van der Waals surface area contributed by atoms with E-state index in [-0.39, 0.29) is 23.1 Å². The highest BCUT2D eigenvalue weighted by molar-refractivity contribution is 5.95. The zero-order valence-electron chi connectivity index (χ0n) is 19.3. The first-order valence-electron chi connectivity index (χ1n) is 11.3. The van der Waals surface area contributed by atoms with Crippen molar-refractivity contribution in [2.24, 2.45) is 0 Å². The summed E-state index contributed by atoms with van der Waals surface area (Å²) >= 11 is 0. The van der Waals surface area contributed by atoms with Crippen LogP contribution in [-0.2, 0) is 0 Å². The second kappa shape index (κ2) is 10.7. The summed E-state index contributed by atoms with van der Waals surface area (Å²) in [4.78, 5) is 30.2. The van der Waals surface area contributed by atoms with Gasteiger partial charge in [0.25, 0.3) is 11.5 Å². The van der Waals surface area contributed by atoms with Crippen LogP contribution < -0.4 is 10.9 Å². The van der Waals surface area contributed by atoms with E-state index >= 15 is 0 Å². The average Bonchev–Trinajstić information content (AvgIpc) is 2.74. The molecule has 1 amide bonds. The molecule has 1 aromatic carbocycles. The Hall–Kier alpha value is -2.44. The third-order valence-electron chi connectivity index (χ3n) is 6.23. The highest BCUT2D eigenvalue weighted by atomic mass is 16.2. The summed E-state index contributed by atoms with van der Waals surface area (Å²) in [5.41, 5.74) is 2.20. The van der Waals surface area contributed by atoms with Crippen molar-refractivity contribution in [1.29, 1.82) is 0 Å². The topological polar surface area (TPSA) is 57.6 Å². The first kappa shape index (κ1) is 23.2. The Morgan fingerprint density at radius 1 is 1.16 bits per heavy atom. The molecule has 1 unspecified atom stereocenters. The van der Waals surface area contributed by atoms with E-state index in [1.807, 2.05) is 38.9 Å². The Morgan fingerprint density at radius 3 is 2.48 bits per heavy atom. The van der Waals surface area contributed by atoms with E-state index in [0.717, 1.165) is 44.6 Å². The predicted octanol–water partition coefficient (Wildman–Crippen LogP) is 2.89. The highest BCUT2D eigenvalue weighted by Gasteiger charge is 2.21. The second-order valence-corrected chi connectivity index (χ2v) is 8.98. The summed E-state index contributed by atoms with van der Waals surface area (Å²) in [6, 6.07) is 12.6. The lowest BCUT2D eigenvalue weighted by molar-refractivity contribution is 0.0942. The molecule has 1 aliphatic heterocycles. The first-order chi connectivity index (χ1) is 14.9. The number of carbonyl (C=O) groups is 1. The van der Waals surface area contributed by atoms with E-state index < -0.39 is 0 Å². The Labute approximate surface area is 185 Å². The summed E-state index contributed by atoms with van der Waals surface area (Å²) in [6.07, 6.45) is 4.08. The Bertz CT molecular complexity index is 915. The van der Waals surface area contributed by atoms with Gasteiger partial charge in [0.05, 0.1) is 0 Å². The number of piperidine rings is 1. The fraction of sp³-hybridized carbons (Fsp3) is 0.520. The summed E-state index contributed by atoms with van der Waals surface area (Å²) in [6.45, 7) is 8.00. The Kier molecular flexibility index (Phi) is 8.04. The number of pyridine rings is 1. The number of hydrogen-bond acceptors (Lipinski definition) is 4. The molecule has 6 nitrogen and oxygen atoms in total. The smallest absolute Gasteiger partial charge is 0.263 e. The lowest BCUT2D eigenvalue weighted by atomic mass is 9.89. The maximum atomic E-state index is 13.0. The lowest BCUT2D eigenvalue weighted by Crippen LogP contribution is -2.41. The van der Waals surface area contributed by atoms with Gasteiger partial charge in [0, 0.05) is 31.9 Å². The minimum Gasteiger partial charge on any atom is -0.351 e. The zero-order valence-corrected chi connectivity index (χ0v) is 19.3. The van der Waals surface area contributed by atoms with Crippen LogP contribution in [0.2, 0.25) is 0 Å². The van der Waals surface area contributed by atoms with Gasteiger partial charge in [-0.2, -0.15) is 0 Å². The van der Waals surface area contributed by atoms with E-state index in [1.165, 1.54) is 5.56 Å². The van der Waals surface area contributed by atoms with Crippen molar-refractivity contribution >= 4 is 5.91 Å². The van der Waals surface area contributed by atoms with E-state index in [2.05, 4.69) is 40.5 Å². The predicted molar refractivity (Wildman–Crippen MR) is 126 cm³/mol. The molecule has 1 N–H and O–H groups in total. The Morgan fingerprint density at radius 2 is 1.84 bits per heavy atom. The number of rotatable bonds is 8. The van der Waals surface area contributed by atoms with Gasteiger partial charge < -0.3 is 19.7 Å². The standard InChI is InChI=1S/C25H36N4O2/c1-19-10-16-29(20(2)18-27(3)4)25(31)23(19)24(30)26-13-17-28-14-11-22(12-15-28)21-8-6-5-7-9-21/h5-10,16,20,22H,11-15,17-18H2,1-4H3,(H,26,30). The molecule has 168 valence electrons. The van der Waals surface area contributed by atoms with Crippen molar-refractivity contribution in [2.75, 3.05) is 46.8 Å². The molecular formula is C25H36N4O2. The quantitative estimate of drug-likeness (QED) is 0.708. The molecule has 2 aromatic rings. The average molecular weight is 425 g/mol. The van der Waals surface area contributed by atoms with Crippen molar-refractivity contribution in [3.05, 3.63) is 69.6 Å². The first-order valence-corrected chi connectivity index (χ1v) is 11.3. The number of carbonyl (C=O) groups excluding carboxylic acids is 1. The minimum absolute atomic E-state index is 0.000519. The molecule has 1 saturated heterocycles. The third-order valence-corrected chi connectivity index (χ3v) is 6.23. The molecule has 0 radical (unpaired) electrons. The molecule has 1 fully saturated rings. The van der Waals surface area contributed by atoms with Gasteiger partial charge in [0.15, 0.2) is 0 Å². The fourth-order valence-corrected chi connectivity index (χ4v) is 4.51. The summed E-state index contributed by atoms with van der Waals surface area (Å²) < 4.78 is 1.66. The van der Waals surface area contributed by atoms with Gasteiger partial charge >= 0.3 is 0 Å². The number of aryl methyl sites for hydroxylation is 1. The maximum absolute atomic E-state index is 13.0. The van der Waals surface area contributed by atoms with Crippen LogP contribution >= 0.6 is 0 Å². The molecule has 0 spiro atoms. The molecule has 1 atom stereocenters. The molecule has 31 heavy (non-hydrogen) atoms. The van der Waals surface area contributed by atoms with Crippen molar-refractivity contribution in [3.63, 3.8) is 0 Å². The molecule has 1 aliphatic rings. The van der Waals surface area contributed by atoms with Gasteiger partial charge in [-0.15, -0.1) is 0 Å². The monoisotopic (exact) mass is 424 g/mol. The fourth-order valence-electron chi connectivity index (χ4n) is 4.51. The maximum Gasteiger partial charge on any atom is 0.263 e. The van der Waals surface area contributed by atoms with Gasteiger partial charge in [-0.3, -0.25) is 9.59 Å². The van der Waals surface area contributed by atoms with Gasteiger partial charge in [-0.1, -0.05) is 30.3 Å². The number of hydrogen-bond donors (Lipinski definition) is 1. The molecule has 1 aromatic heterocycles. The van der Waals surface area contributed by atoms with Gasteiger partial charge in [-0.05, 0) is 77.0 Å². The van der Waals surface area contributed by atoms with Crippen LogP contribution in [0.1, 0.15) is 53.2 Å². The van der Waals surface area contributed by atoms with Crippen LogP contribution in [-0.4, -0.2) is 67.1 Å². The van der Waals surface area contributed by atoms with Gasteiger partial charge in [0.2, 0.25) is 0 Å². The number of likely N-dealkylation sites (tertiary alicyclic amines) is 1. The lowest BCUT2D eigenvalue weighted by Gasteiger charge is -2.32. The number of nitrogens with zero attached hydrogens (tertiary/aromatic N) is 3. The SMILES string of the molecule is Cc1ccn(C(C)CN(C)C)c(=O)c1C(=O)NCCN1CCC(c2ccccc2)CC1. The summed E-state index contributed by atoms with van der Waals surface area (Å²) in [5, 5.41) is 2.97. The molecule has 2 heterocycles. The van der Waals surface area contributed by atoms with Crippen molar-refractivity contribution in [3.8, 4) is 0 Å². The minimum atomic E-state index is -0.270. The number of benzene rings is 1. The van der Waals surface area contributed by atoms with Crippen LogP contribution in [0.15, 0.2) is 47.4 Å². The molecular weight excluding hydrogens is 388 g/mol. The van der Waals surface area contributed by atoms with E-state index in [0.29, 0.717) is 12.5 Å². The molecule has 0 bridgehead atoms. The number of likely N-dealkylation sites (N-methyl/N-ethyl adjacent to an activating group) is 1. The number of aromatic nitrogens is 1. The van der Waals surface area contributed by atoms with Crippen LogP contribution in [0.25, 0.3) is 0 Å². The number of nitrogens with one attached hydrogen (secondary N) is 1. The van der Waals surface area contributed by atoms with Gasteiger partial charge in [0.1, 0.15) is 5.56 Å². The van der Waals surface area contributed by atoms with Crippen molar-refractivity contribution in [1.82, 2.24) is 19.7 Å². The Balaban J connectivity index is 1.53. The number of amides is 1. The zero-order chi connectivity index (χ0) is 22.4. The van der Waals surface area contributed by atoms with E-state index in [1.54, 1.807) is 10.8 Å². The van der Waals surface area contributed by atoms with Crippen molar-refractivity contribution < 1.29 is 4.79 Å². The molecule has 6 heteroatoms. The molecule has 0 aliphatic carbocycles. The summed E-state index contributed by atoms with van der Waals surface area (Å²) in [7, 11) is 3.96. The van der Waals surface area contributed by atoms with Crippen LogP contribution in [0.3, 0.4) is 0 Å². The van der Waals surface area contributed by atoms with Gasteiger partial charge in [-0.25, -0.2) is 0 Å². The van der Waals surface area contributed by atoms with Crippen LogP contribution in [0, 0.1) is 6.92 Å². The van der Waals surface area contributed by atoms with Crippen LogP contribution in [0.4, 0.5) is 0 Å². The molecule has 3 rings (SSSR count). The molecule has 0 saturated carbocycles. The van der Waals surface area contributed by atoms with E-state index in [4.69, 9.17) is 0 Å². The van der Waals surface area contributed by atoms with Crippen LogP contribution in [0.5, 0.6) is 0 Å². The highest BCUT2D eigenvalue weighted by Crippen LogP contribution is 2.27. The third kappa shape index (κ3) is 6.05. The van der Waals surface area contributed by atoms with E-state index in [9.17, 15) is 9.59 Å². The normalized spacial score (nSPS) is 16.4. The summed E-state index contributed by atoms with van der Waals surface area (Å²) in [5.74, 6) is 0.356. The van der Waals surface area contributed by atoms with Crippen molar-refractivity contribution in [2.45, 2.75) is 38.6 Å². The second-order valence-electron chi connectivity index (χ2n) is 8.98.